The second-order valence-corrected chi connectivity index (χ2v) is 9.10. The van der Waals surface area contributed by atoms with E-state index in [1.807, 2.05) is 0 Å². The van der Waals surface area contributed by atoms with E-state index in [1.54, 1.807) is 11.1 Å². The van der Waals surface area contributed by atoms with Crippen LogP contribution in [-0.4, -0.2) is 24.0 Å². The van der Waals surface area contributed by atoms with Crippen molar-refractivity contribution in [2.24, 2.45) is 11.3 Å². The van der Waals surface area contributed by atoms with Crippen molar-refractivity contribution < 1.29 is 0 Å². The minimum Gasteiger partial charge on any atom is -0.299 e. The molecule has 3 unspecified atom stereocenters. The van der Waals surface area contributed by atoms with Crippen molar-refractivity contribution in [2.45, 2.75) is 78.7 Å². The summed E-state index contributed by atoms with van der Waals surface area (Å²) in [6, 6.07) is 8.96. The maximum absolute atomic E-state index is 4.70. The van der Waals surface area contributed by atoms with Crippen molar-refractivity contribution in [1.82, 2.24) is 4.90 Å². The molecular weight excluding hydrogens is 326 g/mol. The number of benzene rings is 1. The summed E-state index contributed by atoms with van der Waals surface area (Å²) in [6.45, 7) is 17.8. The van der Waals surface area contributed by atoms with Gasteiger partial charge >= 0.3 is 0 Å². The molecule has 0 amide bonds. The fourth-order valence-corrected chi connectivity index (χ4v) is 6.61. The molecule has 1 heteroatoms. The Morgan fingerprint density at radius 3 is 2.56 bits per heavy atom. The summed E-state index contributed by atoms with van der Waals surface area (Å²) in [5.74, 6) is 0.728. The summed E-state index contributed by atoms with van der Waals surface area (Å²) in [4.78, 5) is 2.70. The van der Waals surface area contributed by atoms with Gasteiger partial charge in [0.05, 0.1) is 0 Å². The van der Waals surface area contributed by atoms with Crippen LogP contribution in [0.25, 0.3) is 5.57 Å². The quantitative estimate of drug-likeness (QED) is 0.518. The first-order chi connectivity index (χ1) is 12.8. The number of rotatable bonds is 4. The van der Waals surface area contributed by atoms with Crippen LogP contribution in [-0.2, 0) is 0 Å². The number of aryl methyl sites for hydroxylation is 1. The molecule has 3 atom stereocenters. The fraction of sp³-hybridized carbons (Fsp3) is 0.615. The monoisotopic (exact) mass is 365 g/mol. The van der Waals surface area contributed by atoms with Gasteiger partial charge < -0.3 is 0 Å². The zero-order valence-electron chi connectivity index (χ0n) is 18.5. The second-order valence-electron chi connectivity index (χ2n) is 9.10. The molecule has 27 heavy (non-hydrogen) atoms. The first-order valence-corrected chi connectivity index (χ1v) is 11.0. The van der Waals surface area contributed by atoms with Gasteiger partial charge in [-0.15, -0.1) is 0 Å². The average molecular weight is 366 g/mol. The van der Waals surface area contributed by atoms with Gasteiger partial charge in [-0.2, -0.15) is 0 Å². The Labute approximate surface area is 167 Å². The first kappa shape index (κ1) is 20.4. The van der Waals surface area contributed by atoms with E-state index in [2.05, 4.69) is 70.8 Å². The van der Waals surface area contributed by atoms with Crippen molar-refractivity contribution >= 4 is 5.57 Å². The summed E-state index contributed by atoms with van der Waals surface area (Å²) in [7, 11) is 2.37. The highest BCUT2D eigenvalue weighted by atomic mass is 15.2. The molecule has 1 aromatic carbocycles. The third-order valence-corrected chi connectivity index (χ3v) is 8.34. The maximum Gasteiger partial charge on any atom is 0.0337 e. The van der Waals surface area contributed by atoms with E-state index in [-0.39, 0.29) is 11.0 Å². The van der Waals surface area contributed by atoms with Crippen LogP contribution in [0.15, 0.2) is 42.0 Å². The molecule has 1 heterocycles. The van der Waals surface area contributed by atoms with E-state index in [0.29, 0.717) is 0 Å². The minimum atomic E-state index is 0.0868. The van der Waals surface area contributed by atoms with Gasteiger partial charge in [-0.3, -0.25) is 4.90 Å². The Hall–Kier alpha value is -1.34. The molecule has 0 radical (unpaired) electrons. The topological polar surface area (TPSA) is 3.24 Å². The van der Waals surface area contributed by atoms with Crippen molar-refractivity contribution in [3.05, 3.63) is 53.1 Å². The standard InChI is InChI=1S/C26H39N/c1-8-20(4)26-17-12-14-22(9-2)25(26,6)27(7)18-16-24(21(26)5)23-15-11-10-13-19(23)3/h10-11,13,15,22H,4,8-9,12,14,16-18H2,1-3,5-7H3. The molecule has 0 saturated heterocycles. The summed E-state index contributed by atoms with van der Waals surface area (Å²) < 4.78 is 0. The van der Waals surface area contributed by atoms with Gasteiger partial charge in [0.2, 0.25) is 0 Å². The molecule has 1 aliphatic carbocycles. The first-order valence-electron chi connectivity index (χ1n) is 11.0. The zero-order valence-corrected chi connectivity index (χ0v) is 18.5. The van der Waals surface area contributed by atoms with Gasteiger partial charge in [0.25, 0.3) is 0 Å². The molecular formula is C26H39N. The van der Waals surface area contributed by atoms with Crippen molar-refractivity contribution in [3.63, 3.8) is 0 Å². The molecule has 148 valence electrons. The summed E-state index contributed by atoms with van der Waals surface area (Å²) in [6.07, 6.45) is 7.38. The van der Waals surface area contributed by atoms with Crippen LogP contribution in [0.1, 0.15) is 77.3 Å². The number of hydrogen-bond acceptors (Lipinski definition) is 1. The van der Waals surface area contributed by atoms with Crippen LogP contribution >= 0.6 is 0 Å². The Morgan fingerprint density at radius 2 is 1.93 bits per heavy atom. The molecule has 0 spiro atoms. The van der Waals surface area contributed by atoms with Crippen LogP contribution in [0.3, 0.4) is 0 Å². The lowest BCUT2D eigenvalue weighted by atomic mass is 9.50. The Morgan fingerprint density at radius 1 is 1.22 bits per heavy atom. The smallest absolute Gasteiger partial charge is 0.0337 e. The number of hydrogen-bond donors (Lipinski definition) is 0. The van der Waals surface area contributed by atoms with Crippen LogP contribution in [0, 0.1) is 18.3 Å². The van der Waals surface area contributed by atoms with Gasteiger partial charge in [-0.25, -0.2) is 0 Å². The van der Waals surface area contributed by atoms with Crippen LogP contribution in [0.4, 0.5) is 0 Å². The van der Waals surface area contributed by atoms with E-state index < -0.39 is 0 Å². The minimum absolute atomic E-state index is 0.0868. The van der Waals surface area contributed by atoms with Crippen molar-refractivity contribution in [1.29, 1.82) is 0 Å². The molecule has 1 aliphatic heterocycles. The van der Waals surface area contributed by atoms with E-state index in [4.69, 9.17) is 6.58 Å². The lowest BCUT2D eigenvalue weighted by Gasteiger charge is -2.61. The normalized spacial score (nSPS) is 32.1. The molecule has 0 aromatic heterocycles. The molecule has 1 nitrogen and oxygen atoms in total. The van der Waals surface area contributed by atoms with E-state index in [1.165, 1.54) is 42.4 Å². The lowest BCUT2D eigenvalue weighted by Crippen LogP contribution is -2.63. The predicted molar refractivity (Wildman–Crippen MR) is 119 cm³/mol. The van der Waals surface area contributed by atoms with Gasteiger partial charge in [0.15, 0.2) is 0 Å². The Kier molecular flexibility index (Phi) is 5.73. The Balaban J connectivity index is 2.32. The fourth-order valence-electron chi connectivity index (χ4n) is 6.61. The summed E-state index contributed by atoms with van der Waals surface area (Å²) >= 11 is 0. The SMILES string of the molecule is C=C(CC)C12CCCC(CC)C1(C)N(C)CCC(c1ccccc1C)=C2C. The second kappa shape index (κ2) is 7.59. The van der Waals surface area contributed by atoms with E-state index in [9.17, 15) is 0 Å². The zero-order chi connectivity index (χ0) is 19.8. The number of fused-ring (bicyclic) bond motifs is 1. The number of nitrogens with zero attached hydrogens (tertiary/aromatic N) is 1. The molecule has 0 N–H and O–H groups in total. The third kappa shape index (κ3) is 2.85. The highest BCUT2D eigenvalue weighted by Gasteiger charge is 2.59. The Bertz CT molecular complexity index is 742. The molecule has 1 aromatic rings. The van der Waals surface area contributed by atoms with Gasteiger partial charge in [0.1, 0.15) is 0 Å². The molecule has 0 bridgehead atoms. The van der Waals surface area contributed by atoms with Crippen molar-refractivity contribution in [3.8, 4) is 0 Å². The van der Waals surface area contributed by atoms with Gasteiger partial charge in [-0.05, 0) is 76.1 Å². The molecule has 3 rings (SSSR count). The van der Waals surface area contributed by atoms with Gasteiger partial charge in [0, 0.05) is 17.5 Å². The maximum atomic E-state index is 4.70. The largest absolute Gasteiger partial charge is 0.299 e. The van der Waals surface area contributed by atoms with E-state index in [0.717, 1.165) is 25.3 Å². The van der Waals surface area contributed by atoms with Crippen LogP contribution in [0.2, 0.25) is 0 Å². The third-order valence-electron chi connectivity index (χ3n) is 8.34. The van der Waals surface area contributed by atoms with E-state index >= 15 is 0 Å². The van der Waals surface area contributed by atoms with Crippen LogP contribution in [0.5, 0.6) is 0 Å². The average Bonchev–Trinajstić information content (AvgIpc) is 2.76. The highest BCUT2D eigenvalue weighted by molar-refractivity contribution is 5.73. The highest BCUT2D eigenvalue weighted by Crippen LogP contribution is 2.61. The summed E-state index contributed by atoms with van der Waals surface area (Å²) in [5, 5.41) is 0. The summed E-state index contributed by atoms with van der Waals surface area (Å²) in [5.41, 5.74) is 7.72. The molecule has 1 saturated carbocycles. The van der Waals surface area contributed by atoms with Crippen LogP contribution < -0.4 is 0 Å². The lowest BCUT2D eigenvalue weighted by molar-refractivity contribution is -0.0443. The molecule has 2 aliphatic rings. The van der Waals surface area contributed by atoms with Gasteiger partial charge in [-0.1, -0.05) is 68.7 Å². The molecule has 1 fully saturated rings. The van der Waals surface area contributed by atoms with Crippen molar-refractivity contribution in [2.75, 3.05) is 13.6 Å². The predicted octanol–water partition coefficient (Wildman–Crippen LogP) is 7.03.